The lowest BCUT2D eigenvalue weighted by molar-refractivity contribution is 0.190. The van der Waals surface area contributed by atoms with Gasteiger partial charge in [0.2, 0.25) is 0 Å². The third-order valence-electron chi connectivity index (χ3n) is 2.98. The van der Waals surface area contributed by atoms with Crippen LogP contribution in [0.25, 0.3) is 22.7 Å². The van der Waals surface area contributed by atoms with Crippen LogP contribution in [0.1, 0.15) is 6.42 Å². The van der Waals surface area contributed by atoms with Crippen molar-refractivity contribution in [3.8, 4) is 11.5 Å². The van der Waals surface area contributed by atoms with Crippen LogP contribution >= 0.6 is 0 Å². The second-order valence-corrected chi connectivity index (χ2v) is 4.33. The van der Waals surface area contributed by atoms with Gasteiger partial charge in [0.25, 0.3) is 0 Å². The molecule has 0 radical (unpaired) electrons. The standard InChI is InChI=1S/C13H14N4O3/c1-19-6-3-5-17-12-11(16-13(17)18)14-8-9(15-12)10-4-2-7-20-10/h2,4,7-8H,3,5-6H2,1H3,(H,14,16,18). The zero-order chi connectivity index (χ0) is 13.9. The Morgan fingerprint density at radius 2 is 2.40 bits per heavy atom. The van der Waals surface area contributed by atoms with Gasteiger partial charge in [-0.2, -0.15) is 0 Å². The van der Waals surface area contributed by atoms with E-state index in [1.807, 2.05) is 0 Å². The van der Waals surface area contributed by atoms with E-state index in [1.165, 1.54) is 0 Å². The van der Waals surface area contributed by atoms with Gasteiger partial charge in [-0.05, 0) is 18.6 Å². The molecule has 20 heavy (non-hydrogen) atoms. The maximum atomic E-state index is 11.9. The molecule has 0 aliphatic heterocycles. The van der Waals surface area contributed by atoms with Crippen molar-refractivity contribution in [2.75, 3.05) is 13.7 Å². The first-order chi connectivity index (χ1) is 9.79. The van der Waals surface area contributed by atoms with E-state index in [2.05, 4.69) is 15.0 Å². The number of hydrogen-bond donors (Lipinski definition) is 1. The number of furan rings is 1. The minimum Gasteiger partial charge on any atom is -0.463 e. The first-order valence-corrected chi connectivity index (χ1v) is 6.28. The van der Waals surface area contributed by atoms with E-state index in [1.54, 1.807) is 36.3 Å². The average molecular weight is 274 g/mol. The average Bonchev–Trinajstić information content (AvgIpc) is 3.07. The molecule has 0 fully saturated rings. The van der Waals surface area contributed by atoms with Gasteiger partial charge in [0.05, 0.1) is 12.5 Å². The summed E-state index contributed by atoms with van der Waals surface area (Å²) < 4.78 is 11.9. The van der Waals surface area contributed by atoms with E-state index in [9.17, 15) is 4.79 Å². The topological polar surface area (TPSA) is 85.9 Å². The molecule has 3 heterocycles. The molecule has 3 rings (SSSR count). The van der Waals surface area contributed by atoms with E-state index < -0.39 is 0 Å². The number of rotatable bonds is 5. The molecule has 0 aliphatic carbocycles. The lowest BCUT2D eigenvalue weighted by atomic mass is 10.3. The number of nitrogens with one attached hydrogen (secondary N) is 1. The second kappa shape index (κ2) is 5.30. The van der Waals surface area contributed by atoms with Crippen LogP contribution in [0, 0.1) is 0 Å². The summed E-state index contributed by atoms with van der Waals surface area (Å²) >= 11 is 0. The fourth-order valence-corrected chi connectivity index (χ4v) is 2.04. The lowest BCUT2D eigenvalue weighted by Gasteiger charge is -2.02. The van der Waals surface area contributed by atoms with Crippen molar-refractivity contribution in [2.24, 2.45) is 0 Å². The van der Waals surface area contributed by atoms with Crippen LogP contribution in [0.3, 0.4) is 0 Å². The summed E-state index contributed by atoms with van der Waals surface area (Å²) in [6, 6.07) is 3.58. The van der Waals surface area contributed by atoms with Crippen molar-refractivity contribution in [3.05, 3.63) is 35.1 Å². The fraction of sp³-hybridized carbons (Fsp3) is 0.308. The minimum absolute atomic E-state index is 0.215. The molecule has 104 valence electrons. The molecule has 0 unspecified atom stereocenters. The number of ether oxygens (including phenoxy) is 1. The molecule has 1 N–H and O–H groups in total. The van der Waals surface area contributed by atoms with Gasteiger partial charge in [0.15, 0.2) is 17.1 Å². The summed E-state index contributed by atoms with van der Waals surface area (Å²) in [7, 11) is 1.63. The highest BCUT2D eigenvalue weighted by molar-refractivity contribution is 5.69. The monoisotopic (exact) mass is 274 g/mol. The number of aromatic amines is 1. The highest BCUT2D eigenvalue weighted by Gasteiger charge is 2.12. The van der Waals surface area contributed by atoms with E-state index in [4.69, 9.17) is 9.15 Å². The first-order valence-electron chi connectivity index (χ1n) is 6.28. The van der Waals surface area contributed by atoms with Gasteiger partial charge in [-0.15, -0.1) is 0 Å². The van der Waals surface area contributed by atoms with E-state index in [-0.39, 0.29) is 5.69 Å². The summed E-state index contributed by atoms with van der Waals surface area (Å²) in [5.41, 5.74) is 1.39. The summed E-state index contributed by atoms with van der Waals surface area (Å²) in [5.74, 6) is 0.622. The minimum atomic E-state index is -0.215. The molecule has 0 amide bonds. The van der Waals surface area contributed by atoms with Crippen LogP contribution in [-0.2, 0) is 11.3 Å². The lowest BCUT2D eigenvalue weighted by Crippen LogP contribution is -2.18. The van der Waals surface area contributed by atoms with Gasteiger partial charge in [-0.3, -0.25) is 9.55 Å². The molecule has 0 saturated heterocycles. The van der Waals surface area contributed by atoms with Gasteiger partial charge >= 0.3 is 5.69 Å². The smallest absolute Gasteiger partial charge is 0.328 e. The Morgan fingerprint density at radius 3 is 3.15 bits per heavy atom. The zero-order valence-electron chi connectivity index (χ0n) is 11.0. The molecular weight excluding hydrogens is 260 g/mol. The highest BCUT2D eigenvalue weighted by Crippen LogP contribution is 2.18. The summed E-state index contributed by atoms with van der Waals surface area (Å²) in [4.78, 5) is 23.3. The number of imidazole rings is 1. The van der Waals surface area contributed by atoms with Crippen LogP contribution in [0.5, 0.6) is 0 Å². The van der Waals surface area contributed by atoms with Crippen molar-refractivity contribution in [1.82, 2.24) is 19.5 Å². The largest absolute Gasteiger partial charge is 0.463 e. The van der Waals surface area contributed by atoms with Crippen molar-refractivity contribution in [1.29, 1.82) is 0 Å². The van der Waals surface area contributed by atoms with Crippen LogP contribution in [0.4, 0.5) is 0 Å². The van der Waals surface area contributed by atoms with E-state index in [0.29, 0.717) is 35.9 Å². The third-order valence-corrected chi connectivity index (χ3v) is 2.98. The maximum Gasteiger partial charge on any atom is 0.328 e. The highest BCUT2D eigenvalue weighted by atomic mass is 16.5. The van der Waals surface area contributed by atoms with Crippen molar-refractivity contribution in [3.63, 3.8) is 0 Å². The molecule has 0 saturated carbocycles. The van der Waals surface area contributed by atoms with Crippen molar-refractivity contribution in [2.45, 2.75) is 13.0 Å². The molecular formula is C13H14N4O3. The number of H-pyrrole nitrogens is 1. The molecule has 0 atom stereocenters. The Labute approximate surface area is 114 Å². The Hall–Kier alpha value is -2.41. The van der Waals surface area contributed by atoms with Crippen LogP contribution in [0.2, 0.25) is 0 Å². The Bertz CT molecular complexity index is 758. The Morgan fingerprint density at radius 1 is 1.50 bits per heavy atom. The summed E-state index contributed by atoms with van der Waals surface area (Å²) in [6.07, 6.45) is 3.89. The molecule has 0 aromatic carbocycles. The first kappa shape index (κ1) is 12.6. The van der Waals surface area contributed by atoms with Gasteiger partial charge in [-0.25, -0.2) is 14.8 Å². The summed E-state index contributed by atoms with van der Waals surface area (Å²) in [6.45, 7) is 1.12. The molecule has 7 nitrogen and oxygen atoms in total. The molecule has 3 aromatic heterocycles. The van der Waals surface area contributed by atoms with Crippen molar-refractivity contribution < 1.29 is 9.15 Å². The normalized spacial score (nSPS) is 11.2. The maximum absolute atomic E-state index is 11.9. The predicted octanol–water partition coefficient (Wildman–Crippen LogP) is 1.42. The van der Waals surface area contributed by atoms with Crippen LogP contribution < -0.4 is 5.69 Å². The number of hydrogen-bond acceptors (Lipinski definition) is 5. The number of methoxy groups -OCH3 is 1. The molecule has 0 bridgehead atoms. The summed E-state index contributed by atoms with van der Waals surface area (Å²) in [5, 5.41) is 0. The predicted molar refractivity (Wildman–Crippen MR) is 72.3 cm³/mol. The van der Waals surface area contributed by atoms with Gasteiger partial charge in [0, 0.05) is 20.3 Å². The molecule has 7 heteroatoms. The Balaban J connectivity index is 2.03. The van der Waals surface area contributed by atoms with Gasteiger partial charge in [-0.1, -0.05) is 0 Å². The fourth-order valence-electron chi connectivity index (χ4n) is 2.04. The number of nitrogens with zero attached hydrogens (tertiary/aromatic N) is 3. The van der Waals surface area contributed by atoms with Crippen molar-refractivity contribution >= 4 is 11.3 Å². The van der Waals surface area contributed by atoms with Crippen LogP contribution in [0.15, 0.2) is 33.8 Å². The van der Waals surface area contributed by atoms with E-state index in [0.717, 1.165) is 6.42 Å². The number of fused-ring (bicyclic) bond motifs is 1. The van der Waals surface area contributed by atoms with Crippen LogP contribution in [-0.4, -0.2) is 33.2 Å². The molecule has 0 spiro atoms. The second-order valence-electron chi connectivity index (χ2n) is 4.33. The SMILES string of the molecule is COCCCn1c(=O)[nH]c2ncc(-c3ccco3)nc21. The quantitative estimate of drug-likeness (QED) is 0.711. The molecule has 0 aliphatic rings. The molecule has 3 aromatic rings. The Kier molecular flexibility index (Phi) is 3.34. The van der Waals surface area contributed by atoms with E-state index >= 15 is 0 Å². The van der Waals surface area contributed by atoms with Gasteiger partial charge < -0.3 is 9.15 Å². The third kappa shape index (κ3) is 2.23. The van der Waals surface area contributed by atoms with Gasteiger partial charge in [0.1, 0.15) is 5.69 Å². The zero-order valence-corrected chi connectivity index (χ0v) is 11.0. The number of aryl methyl sites for hydroxylation is 1. The number of aromatic nitrogens is 4.